The molecule has 1 unspecified atom stereocenters. The molecular weight excluding hydrogens is 348 g/mol. The number of rotatable bonds is 14. The van der Waals surface area contributed by atoms with E-state index in [4.69, 9.17) is 13.7 Å². The van der Waals surface area contributed by atoms with E-state index in [0.29, 0.717) is 6.61 Å². The minimum atomic E-state index is -0.888. The summed E-state index contributed by atoms with van der Waals surface area (Å²) in [6.45, 7) is 2.96. The Morgan fingerprint density at radius 1 is 0.917 bits per heavy atom. The quantitative estimate of drug-likeness (QED) is 0.128. The fraction of sp³-hybridized carbons (Fsp3) is 0.684. The van der Waals surface area contributed by atoms with E-state index in [1.54, 1.807) is 0 Å². The molecule has 1 aromatic rings. The summed E-state index contributed by atoms with van der Waals surface area (Å²) in [5, 5.41) is -0.888. The van der Waals surface area contributed by atoms with Crippen LogP contribution in [0.5, 0.6) is 5.75 Å². The van der Waals surface area contributed by atoms with E-state index >= 15 is 0 Å². The van der Waals surface area contributed by atoms with Gasteiger partial charge in [-0.25, -0.2) is 4.18 Å². The van der Waals surface area contributed by atoms with Gasteiger partial charge in [0.25, 0.3) is 0 Å². The molecule has 0 saturated carbocycles. The van der Waals surface area contributed by atoms with Crippen LogP contribution in [-0.2, 0) is 8.92 Å². The maximum atomic E-state index is 5.74. The van der Waals surface area contributed by atoms with Crippen LogP contribution in [0.2, 0.25) is 0 Å². The first kappa shape index (κ1) is 22.6. The third kappa shape index (κ3) is 9.88. The minimum Gasteiger partial charge on any atom is -1.00 e. The largest absolute Gasteiger partial charge is 2.00 e. The summed E-state index contributed by atoms with van der Waals surface area (Å²) in [6, 6.07) is 9.67. The molecule has 3 nitrogen and oxygen atoms in total. The van der Waals surface area contributed by atoms with E-state index in [-0.39, 0.29) is 40.6 Å². The van der Waals surface area contributed by atoms with Gasteiger partial charge in [0, 0.05) is 0 Å². The Kier molecular flexibility index (Phi) is 12.9. The van der Waals surface area contributed by atoms with Crippen LogP contribution >= 0.6 is 12.0 Å². The van der Waals surface area contributed by atoms with Crippen molar-refractivity contribution >= 4 is 49.8 Å². The van der Waals surface area contributed by atoms with Crippen LogP contribution < -0.4 is 4.74 Å². The molecule has 0 aromatic heterocycles. The molecule has 5 heteroatoms. The molecular formula is C19H32CaO3S. The topological polar surface area (TPSA) is 31.0 Å². The van der Waals surface area contributed by atoms with Crippen LogP contribution in [-0.4, -0.2) is 49.7 Å². The maximum Gasteiger partial charge on any atom is 2.00 e. The zero-order chi connectivity index (χ0) is 16.2. The molecule has 0 aliphatic carbocycles. The van der Waals surface area contributed by atoms with Gasteiger partial charge < -0.3 is 12.3 Å². The zero-order valence-electron chi connectivity index (χ0n) is 17.0. The summed E-state index contributed by atoms with van der Waals surface area (Å²) < 4.78 is 16.7. The first-order chi connectivity index (χ1) is 11.3. The van der Waals surface area contributed by atoms with Crippen molar-refractivity contribution in [3.63, 3.8) is 0 Å². The molecule has 2 rings (SSSR count). The van der Waals surface area contributed by atoms with Gasteiger partial charge in [-0.15, -0.1) is 0 Å². The molecule has 1 heterocycles. The zero-order valence-corrected chi connectivity index (χ0v) is 18.0. The Balaban J connectivity index is 0. The van der Waals surface area contributed by atoms with Gasteiger partial charge in [0.2, 0.25) is 0 Å². The molecule has 1 aromatic carbocycles. The Morgan fingerprint density at radius 3 is 2.00 bits per heavy atom. The molecule has 0 bridgehead atoms. The van der Waals surface area contributed by atoms with Gasteiger partial charge in [0.05, 0.1) is 6.61 Å². The second-order valence-electron chi connectivity index (χ2n) is 6.11. The summed E-state index contributed by atoms with van der Waals surface area (Å²) in [6.07, 6.45) is 13.3. The second kappa shape index (κ2) is 13.7. The molecule has 0 amide bonds. The van der Waals surface area contributed by atoms with Gasteiger partial charge in [-0.05, 0) is 18.6 Å². The number of para-hydroxylation sites is 1. The number of benzene rings is 1. The summed E-state index contributed by atoms with van der Waals surface area (Å²) in [5.41, 5.74) is 0. The van der Waals surface area contributed by atoms with Crippen molar-refractivity contribution in [1.29, 1.82) is 0 Å². The van der Waals surface area contributed by atoms with Crippen molar-refractivity contribution < 1.29 is 16.5 Å². The summed E-state index contributed by atoms with van der Waals surface area (Å²) >= 11 is 1.25. The molecule has 1 saturated heterocycles. The van der Waals surface area contributed by atoms with Crippen molar-refractivity contribution in [3.05, 3.63) is 30.3 Å². The molecule has 0 radical (unpaired) electrons. The number of hydrogen-bond acceptors (Lipinski definition) is 4. The Bertz CT molecular complexity index is 423. The van der Waals surface area contributed by atoms with E-state index in [1.807, 2.05) is 30.3 Å². The van der Waals surface area contributed by atoms with E-state index in [0.717, 1.165) is 12.2 Å². The molecule has 0 N–H and O–H groups in total. The van der Waals surface area contributed by atoms with Crippen LogP contribution in [0, 0.1) is 0 Å². The predicted octanol–water partition coefficient (Wildman–Crippen LogP) is 6.14. The number of ether oxygens (including phenoxy) is 2. The van der Waals surface area contributed by atoms with Crippen LogP contribution in [0.4, 0.5) is 0 Å². The van der Waals surface area contributed by atoms with Crippen LogP contribution in [0.25, 0.3) is 0 Å². The second-order valence-corrected chi connectivity index (χ2v) is 6.95. The van der Waals surface area contributed by atoms with Gasteiger partial charge in [0.1, 0.15) is 17.8 Å². The Labute approximate surface area is 184 Å². The normalized spacial score (nSPS) is 18.9. The third-order valence-corrected chi connectivity index (χ3v) is 4.62. The molecule has 24 heavy (non-hydrogen) atoms. The number of hydrogen-bond donors (Lipinski definition) is 0. The standard InChI is InChI=1S/C19H30O3S.Ca.2H/c1-2-3-4-5-6-7-8-9-10-14-17-20-19(22-23-19)21-18-15-12-11-13-16-18;;;/h11-13,15-16H,2-10,14,17H2,1H3;;;/q;+2;2*-1. The van der Waals surface area contributed by atoms with Crippen molar-refractivity contribution in [2.75, 3.05) is 6.61 Å². The minimum absolute atomic E-state index is 0. The SMILES string of the molecule is CCCCCCCCCCCCOC1(Oc2ccccc2)OS1.[Ca+2].[H-].[H-]. The monoisotopic (exact) mass is 380 g/mol. The van der Waals surface area contributed by atoms with Crippen LogP contribution in [0.3, 0.4) is 0 Å². The van der Waals surface area contributed by atoms with Gasteiger partial charge in [0.15, 0.2) is 0 Å². The molecule has 1 aliphatic heterocycles. The van der Waals surface area contributed by atoms with E-state index in [1.165, 1.54) is 69.8 Å². The fourth-order valence-electron chi connectivity index (χ4n) is 2.57. The molecule has 134 valence electrons. The van der Waals surface area contributed by atoms with Gasteiger partial charge in [-0.1, -0.05) is 82.9 Å². The molecule has 1 atom stereocenters. The van der Waals surface area contributed by atoms with Crippen molar-refractivity contribution in [1.82, 2.24) is 0 Å². The molecule has 0 spiro atoms. The third-order valence-electron chi connectivity index (χ3n) is 3.98. The van der Waals surface area contributed by atoms with Gasteiger partial charge >= 0.3 is 43.0 Å². The maximum absolute atomic E-state index is 5.74. The van der Waals surface area contributed by atoms with E-state index in [9.17, 15) is 0 Å². The van der Waals surface area contributed by atoms with Gasteiger partial charge in [-0.3, -0.25) is 0 Å². The van der Waals surface area contributed by atoms with Crippen LogP contribution in [0.15, 0.2) is 30.3 Å². The summed E-state index contributed by atoms with van der Waals surface area (Å²) in [5.74, 6) is 0.778. The van der Waals surface area contributed by atoms with Gasteiger partial charge in [-0.2, -0.15) is 0 Å². The van der Waals surface area contributed by atoms with Crippen molar-refractivity contribution in [2.24, 2.45) is 0 Å². The average Bonchev–Trinajstić information content (AvgIpc) is 3.33. The Morgan fingerprint density at radius 2 is 1.46 bits per heavy atom. The predicted molar refractivity (Wildman–Crippen MR) is 104 cm³/mol. The fourth-order valence-corrected chi connectivity index (χ4v) is 2.98. The molecule has 1 fully saturated rings. The molecule has 1 aliphatic rings. The first-order valence-electron chi connectivity index (χ1n) is 9.09. The summed E-state index contributed by atoms with van der Waals surface area (Å²) in [4.78, 5) is 0. The Hall–Kier alpha value is 0.550. The first-order valence-corrected chi connectivity index (χ1v) is 9.84. The number of unbranched alkanes of at least 4 members (excludes halogenated alkanes) is 9. The van der Waals surface area contributed by atoms with Crippen molar-refractivity contribution in [2.45, 2.75) is 76.4 Å². The van der Waals surface area contributed by atoms with Crippen LogP contribution in [0.1, 0.15) is 74.0 Å². The van der Waals surface area contributed by atoms with E-state index in [2.05, 4.69) is 6.92 Å². The average molecular weight is 381 g/mol. The smallest absolute Gasteiger partial charge is 1.00 e. The van der Waals surface area contributed by atoms with Crippen molar-refractivity contribution in [3.8, 4) is 5.75 Å². The summed E-state index contributed by atoms with van der Waals surface area (Å²) in [7, 11) is 0. The van der Waals surface area contributed by atoms with E-state index < -0.39 is 5.31 Å².